The summed E-state index contributed by atoms with van der Waals surface area (Å²) in [4.78, 5) is 79.6. The van der Waals surface area contributed by atoms with Crippen LogP contribution >= 0.6 is 0 Å². The van der Waals surface area contributed by atoms with Crippen LogP contribution in [0.5, 0.6) is 0 Å². The van der Waals surface area contributed by atoms with Crippen LogP contribution in [-0.2, 0) is 47.3 Å². The van der Waals surface area contributed by atoms with Gasteiger partial charge >= 0.3 is 6.09 Å². The number of hydrogen-bond donors (Lipinski definition) is 3. The number of nitrogens with zero attached hydrogens (tertiary/aromatic N) is 2. The molecule has 2 aromatic carbocycles. The smallest absolute Gasteiger partial charge is 0.418 e. The van der Waals surface area contributed by atoms with Crippen molar-refractivity contribution >= 4 is 41.3 Å². The number of amides is 6. The van der Waals surface area contributed by atoms with Crippen molar-refractivity contribution in [1.82, 2.24) is 20.4 Å². The number of halogens is 1. The molecule has 1 aliphatic heterocycles. The number of aryl methyl sites for hydroxylation is 1. The first-order chi connectivity index (χ1) is 26.9. The summed E-state index contributed by atoms with van der Waals surface area (Å²) in [6, 6.07) is 10.3. The van der Waals surface area contributed by atoms with E-state index in [1.807, 2.05) is 0 Å². The zero-order valence-electron chi connectivity index (χ0n) is 33.0. The second-order valence-electron chi connectivity index (χ2n) is 15.7. The molecular weight excluding hydrogens is 717 g/mol. The average Bonchev–Trinajstić information content (AvgIpc) is 3.87. The molecular formula is C43H58FN5O7. The van der Waals surface area contributed by atoms with Crippen LogP contribution in [0.1, 0.15) is 127 Å². The summed E-state index contributed by atoms with van der Waals surface area (Å²) in [6.07, 6.45) is 13.9. The number of anilines is 1. The van der Waals surface area contributed by atoms with Crippen molar-refractivity contribution in [2.24, 2.45) is 5.92 Å². The van der Waals surface area contributed by atoms with E-state index in [1.54, 1.807) is 37.3 Å². The molecule has 1 heterocycles. The number of imide groups is 1. The zero-order chi connectivity index (χ0) is 40.1. The van der Waals surface area contributed by atoms with Crippen molar-refractivity contribution < 1.29 is 37.9 Å². The van der Waals surface area contributed by atoms with Crippen molar-refractivity contribution in [3.8, 4) is 0 Å². The highest BCUT2D eigenvalue weighted by molar-refractivity contribution is 6.06. The van der Waals surface area contributed by atoms with E-state index in [9.17, 15) is 33.2 Å². The highest BCUT2D eigenvalue weighted by Gasteiger charge is 2.58. The predicted octanol–water partition coefficient (Wildman–Crippen LogP) is 6.65. The van der Waals surface area contributed by atoms with E-state index < -0.39 is 41.9 Å². The van der Waals surface area contributed by atoms with Crippen molar-refractivity contribution in [2.75, 3.05) is 25.0 Å². The minimum Gasteiger partial charge on any atom is -0.427 e. The number of hydrogen-bond acceptors (Lipinski definition) is 7. The number of carbonyl (C=O) groups is 6. The Kier molecular flexibility index (Phi) is 15.4. The van der Waals surface area contributed by atoms with Gasteiger partial charge in [0.15, 0.2) is 0 Å². The molecule has 3 aliphatic rings. The molecule has 2 atom stereocenters. The lowest BCUT2D eigenvalue weighted by Gasteiger charge is -2.31. The molecule has 13 heteroatoms. The van der Waals surface area contributed by atoms with Crippen molar-refractivity contribution in [3.05, 3.63) is 65.0 Å². The van der Waals surface area contributed by atoms with Crippen molar-refractivity contribution in [3.63, 3.8) is 0 Å². The fourth-order valence-electron chi connectivity index (χ4n) is 8.14. The first-order valence-electron chi connectivity index (χ1n) is 20.5. The molecule has 12 nitrogen and oxygen atoms in total. The molecule has 0 aromatic heterocycles. The Morgan fingerprint density at radius 3 is 2.29 bits per heavy atom. The van der Waals surface area contributed by atoms with Crippen LogP contribution in [0, 0.1) is 11.7 Å². The Morgan fingerprint density at radius 1 is 0.911 bits per heavy atom. The van der Waals surface area contributed by atoms with E-state index in [-0.39, 0.29) is 37.2 Å². The van der Waals surface area contributed by atoms with Gasteiger partial charge in [0.2, 0.25) is 29.2 Å². The highest BCUT2D eigenvalue weighted by Crippen LogP contribution is 2.46. The summed E-state index contributed by atoms with van der Waals surface area (Å²) >= 11 is 0. The second-order valence-corrected chi connectivity index (χ2v) is 15.7. The largest absolute Gasteiger partial charge is 0.427 e. The SMILES string of the molecule is CC(=O)Nc1ccc2c(c1)CC[C@@]21OC(=O)N(CC(=O)N(Cc2ccc(F)cc2)[C@@H](C)CNC(=O)CCCCCCCCCCNC(=O)CC2CCCC2)C1=O. The van der Waals surface area contributed by atoms with E-state index in [0.29, 0.717) is 42.0 Å². The van der Waals surface area contributed by atoms with E-state index in [0.717, 1.165) is 68.4 Å². The average molecular weight is 776 g/mol. The number of unbranched alkanes of at least 4 members (excludes halogenated alkanes) is 7. The van der Waals surface area contributed by atoms with Gasteiger partial charge in [0, 0.05) is 63.1 Å². The molecule has 0 bridgehead atoms. The maximum atomic E-state index is 13.9. The lowest BCUT2D eigenvalue weighted by molar-refractivity contribution is -0.143. The molecule has 0 radical (unpaired) electrons. The quantitative estimate of drug-likeness (QED) is 0.120. The molecule has 1 saturated heterocycles. The Labute approximate surface area is 329 Å². The van der Waals surface area contributed by atoms with Gasteiger partial charge < -0.3 is 25.6 Å². The number of rotatable bonds is 21. The number of benzene rings is 2. The third-order valence-electron chi connectivity index (χ3n) is 11.3. The first-order valence-corrected chi connectivity index (χ1v) is 20.5. The summed E-state index contributed by atoms with van der Waals surface area (Å²) < 4.78 is 19.4. The van der Waals surface area contributed by atoms with Gasteiger partial charge in [-0.05, 0) is 80.3 Å². The Balaban J connectivity index is 1.04. The van der Waals surface area contributed by atoms with Gasteiger partial charge in [0.25, 0.3) is 5.91 Å². The Hall–Kier alpha value is -4.81. The van der Waals surface area contributed by atoms with E-state index >= 15 is 0 Å². The van der Waals surface area contributed by atoms with Crippen molar-refractivity contribution in [2.45, 2.75) is 135 Å². The second kappa shape index (κ2) is 20.4. The summed E-state index contributed by atoms with van der Waals surface area (Å²) in [5.41, 5.74) is 0.969. The van der Waals surface area contributed by atoms with Crippen LogP contribution in [0.25, 0.3) is 0 Å². The molecule has 304 valence electrons. The topological polar surface area (TPSA) is 154 Å². The summed E-state index contributed by atoms with van der Waals surface area (Å²) in [5.74, 6) is -1.16. The van der Waals surface area contributed by atoms with E-state index in [1.165, 1.54) is 49.6 Å². The van der Waals surface area contributed by atoms with Gasteiger partial charge in [-0.1, -0.05) is 69.6 Å². The number of ether oxygens (including phenoxy) is 1. The molecule has 56 heavy (non-hydrogen) atoms. The third kappa shape index (κ3) is 11.6. The predicted molar refractivity (Wildman–Crippen MR) is 209 cm³/mol. The van der Waals surface area contributed by atoms with Crippen molar-refractivity contribution in [1.29, 1.82) is 0 Å². The highest BCUT2D eigenvalue weighted by atomic mass is 19.1. The lowest BCUT2D eigenvalue weighted by Crippen LogP contribution is -2.49. The van der Waals surface area contributed by atoms with Crippen LogP contribution in [0.4, 0.5) is 14.9 Å². The molecule has 1 spiro atoms. The maximum absolute atomic E-state index is 13.9. The first kappa shape index (κ1) is 42.3. The maximum Gasteiger partial charge on any atom is 0.418 e. The van der Waals surface area contributed by atoms with Gasteiger partial charge in [-0.3, -0.25) is 24.0 Å². The van der Waals surface area contributed by atoms with Gasteiger partial charge in [-0.25, -0.2) is 14.1 Å². The zero-order valence-corrected chi connectivity index (χ0v) is 33.0. The van der Waals surface area contributed by atoms with Crippen LogP contribution in [0.2, 0.25) is 0 Å². The van der Waals surface area contributed by atoms with Gasteiger partial charge in [0.05, 0.1) is 0 Å². The van der Waals surface area contributed by atoms with Gasteiger partial charge in [0.1, 0.15) is 12.4 Å². The van der Waals surface area contributed by atoms with Gasteiger partial charge in [-0.2, -0.15) is 0 Å². The fraction of sp³-hybridized carbons (Fsp3) is 0.581. The normalized spacial score (nSPS) is 18.2. The Bertz CT molecular complexity index is 1710. The minimum atomic E-state index is -1.54. The standard InChI is InChI=1S/C43H58FN5O7/c1-30(27-46-38(51)15-9-7-5-3-4-6-8-12-24-45-39(52)25-32-13-10-11-14-32)48(28-33-16-18-35(44)19-17-33)40(53)29-49-41(54)43(56-42(49)55)23-22-34-26-36(47-31(2)50)20-21-37(34)43/h16-21,26,30,32H,3-15,22-25,27-29H2,1-2H3,(H,45,52)(H,46,51)(H,47,50)/t30-,43+/m0/s1. The molecule has 5 rings (SSSR count). The molecule has 3 N–H and O–H groups in total. The number of carbonyl (C=O) groups excluding carboxylic acids is 6. The Morgan fingerprint density at radius 2 is 1.59 bits per heavy atom. The monoisotopic (exact) mass is 775 g/mol. The van der Waals surface area contributed by atoms with Crippen LogP contribution in [-0.4, -0.2) is 71.1 Å². The van der Waals surface area contributed by atoms with Gasteiger partial charge in [-0.15, -0.1) is 0 Å². The van der Waals surface area contributed by atoms with Crippen LogP contribution in [0.3, 0.4) is 0 Å². The fourth-order valence-corrected chi connectivity index (χ4v) is 8.14. The molecule has 2 aromatic rings. The van der Waals surface area contributed by atoms with E-state index in [4.69, 9.17) is 4.74 Å². The number of fused-ring (bicyclic) bond motifs is 2. The van der Waals surface area contributed by atoms with E-state index in [2.05, 4.69) is 16.0 Å². The molecule has 2 aliphatic carbocycles. The molecule has 6 amide bonds. The number of nitrogens with one attached hydrogen (secondary N) is 3. The molecule has 0 unspecified atom stereocenters. The minimum absolute atomic E-state index is 0.0716. The summed E-state index contributed by atoms with van der Waals surface area (Å²) in [5, 5.41) is 8.71. The van der Waals surface area contributed by atoms with Crippen LogP contribution in [0.15, 0.2) is 42.5 Å². The third-order valence-corrected chi connectivity index (χ3v) is 11.3. The molecule has 2 fully saturated rings. The van der Waals surface area contributed by atoms with Crippen LogP contribution < -0.4 is 16.0 Å². The lowest BCUT2D eigenvalue weighted by atomic mass is 9.94. The summed E-state index contributed by atoms with van der Waals surface area (Å²) in [7, 11) is 0. The summed E-state index contributed by atoms with van der Waals surface area (Å²) in [6.45, 7) is 3.59. The molecule has 1 saturated carbocycles.